The highest BCUT2D eigenvalue weighted by molar-refractivity contribution is 5.71. The van der Waals surface area contributed by atoms with Crippen LogP contribution in [0.2, 0.25) is 0 Å². The number of rotatable bonds is 5. The molecule has 2 aromatic rings. The van der Waals surface area contributed by atoms with E-state index in [1.807, 2.05) is 0 Å². The predicted octanol–water partition coefficient (Wildman–Crippen LogP) is 3.33. The van der Waals surface area contributed by atoms with Gasteiger partial charge in [0.1, 0.15) is 0 Å². The highest BCUT2D eigenvalue weighted by Gasteiger charge is 2.07. The van der Waals surface area contributed by atoms with Crippen molar-refractivity contribution in [2.75, 3.05) is 12.0 Å². The van der Waals surface area contributed by atoms with E-state index in [2.05, 4.69) is 10.9 Å². The minimum atomic E-state index is -0.565. The average molecular weight is 301 g/mol. The standard InChI is InChI=1S/C15H15N3O4/c1-2-22-15(19)17-16-13-8-6-11(7-9-13)12-4-3-5-14(10-12)18(20)21/h3-10,16H,2H2,1H3,(H,17,19). The minimum Gasteiger partial charge on any atom is -0.449 e. The van der Waals surface area contributed by atoms with Crippen molar-refractivity contribution in [2.45, 2.75) is 6.92 Å². The molecule has 0 bridgehead atoms. The number of nitrogens with one attached hydrogen (secondary N) is 2. The summed E-state index contributed by atoms with van der Waals surface area (Å²) in [5.41, 5.74) is 7.39. The third kappa shape index (κ3) is 3.95. The Morgan fingerprint density at radius 2 is 1.91 bits per heavy atom. The molecule has 0 aliphatic heterocycles. The van der Waals surface area contributed by atoms with Gasteiger partial charge in [0, 0.05) is 12.1 Å². The molecule has 0 saturated heterocycles. The van der Waals surface area contributed by atoms with Crippen molar-refractivity contribution in [3.63, 3.8) is 0 Å². The lowest BCUT2D eigenvalue weighted by Crippen LogP contribution is -2.29. The molecule has 2 rings (SSSR count). The molecular formula is C15H15N3O4. The Bertz CT molecular complexity index is 671. The van der Waals surface area contributed by atoms with Crippen molar-refractivity contribution in [1.82, 2.24) is 5.43 Å². The van der Waals surface area contributed by atoms with Gasteiger partial charge in [-0.3, -0.25) is 15.5 Å². The van der Waals surface area contributed by atoms with Gasteiger partial charge in [0.2, 0.25) is 0 Å². The summed E-state index contributed by atoms with van der Waals surface area (Å²) in [6.07, 6.45) is -0.565. The van der Waals surface area contributed by atoms with Crippen molar-refractivity contribution in [3.8, 4) is 11.1 Å². The summed E-state index contributed by atoms with van der Waals surface area (Å²) in [6, 6.07) is 13.5. The second-order valence-corrected chi connectivity index (χ2v) is 4.36. The van der Waals surface area contributed by atoms with Crippen LogP contribution in [0.3, 0.4) is 0 Å². The Hall–Kier alpha value is -3.09. The maximum Gasteiger partial charge on any atom is 0.425 e. The van der Waals surface area contributed by atoms with Gasteiger partial charge in [-0.2, -0.15) is 0 Å². The highest BCUT2D eigenvalue weighted by atomic mass is 16.6. The number of carbonyl (C=O) groups is 1. The quantitative estimate of drug-likeness (QED) is 0.652. The molecular weight excluding hydrogens is 286 g/mol. The van der Waals surface area contributed by atoms with E-state index in [-0.39, 0.29) is 5.69 Å². The predicted molar refractivity (Wildman–Crippen MR) is 82.3 cm³/mol. The molecule has 0 radical (unpaired) electrons. The van der Waals surface area contributed by atoms with E-state index in [0.717, 1.165) is 11.1 Å². The minimum absolute atomic E-state index is 0.0451. The smallest absolute Gasteiger partial charge is 0.425 e. The Kier molecular flexibility index (Phi) is 4.92. The largest absolute Gasteiger partial charge is 0.449 e. The van der Waals surface area contributed by atoms with Gasteiger partial charge in [-0.05, 0) is 30.2 Å². The fourth-order valence-electron chi connectivity index (χ4n) is 1.84. The first kappa shape index (κ1) is 15.3. The first-order valence-electron chi connectivity index (χ1n) is 6.64. The molecule has 0 heterocycles. The van der Waals surface area contributed by atoms with Crippen molar-refractivity contribution in [2.24, 2.45) is 0 Å². The number of nitrogens with zero attached hydrogens (tertiary/aromatic N) is 1. The molecule has 7 heteroatoms. The van der Waals surface area contributed by atoms with E-state index in [1.54, 1.807) is 43.3 Å². The van der Waals surface area contributed by atoms with Crippen molar-refractivity contribution >= 4 is 17.5 Å². The number of hydrazine groups is 1. The van der Waals surface area contributed by atoms with E-state index in [1.165, 1.54) is 12.1 Å². The van der Waals surface area contributed by atoms with Crippen LogP contribution in [0.1, 0.15) is 6.92 Å². The van der Waals surface area contributed by atoms with Crippen LogP contribution < -0.4 is 10.9 Å². The van der Waals surface area contributed by atoms with E-state index in [4.69, 9.17) is 4.74 Å². The molecule has 0 aromatic heterocycles. The highest BCUT2D eigenvalue weighted by Crippen LogP contribution is 2.24. The number of hydrogen-bond donors (Lipinski definition) is 2. The maximum atomic E-state index is 11.1. The Labute approximate surface area is 127 Å². The number of hydrogen-bond acceptors (Lipinski definition) is 5. The number of amides is 1. The van der Waals surface area contributed by atoms with Crippen molar-refractivity contribution in [3.05, 3.63) is 58.6 Å². The normalized spacial score (nSPS) is 9.86. The lowest BCUT2D eigenvalue weighted by Gasteiger charge is -2.09. The van der Waals surface area contributed by atoms with Gasteiger partial charge >= 0.3 is 6.09 Å². The lowest BCUT2D eigenvalue weighted by atomic mass is 10.0. The van der Waals surface area contributed by atoms with Crippen LogP contribution in [0.5, 0.6) is 0 Å². The van der Waals surface area contributed by atoms with Crippen LogP contribution in [0.4, 0.5) is 16.2 Å². The number of carbonyl (C=O) groups excluding carboxylic acids is 1. The van der Waals surface area contributed by atoms with Crippen LogP contribution in [0, 0.1) is 10.1 Å². The lowest BCUT2D eigenvalue weighted by molar-refractivity contribution is -0.384. The Morgan fingerprint density at radius 3 is 2.55 bits per heavy atom. The number of nitro groups is 1. The van der Waals surface area contributed by atoms with Gasteiger partial charge < -0.3 is 4.74 Å². The van der Waals surface area contributed by atoms with Crippen LogP contribution in [-0.4, -0.2) is 17.6 Å². The summed E-state index contributed by atoms with van der Waals surface area (Å²) >= 11 is 0. The average Bonchev–Trinajstić information content (AvgIpc) is 2.54. The molecule has 0 aliphatic rings. The van der Waals surface area contributed by atoms with Crippen molar-refractivity contribution in [1.29, 1.82) is 0 Å². The molecule has 114 valence electrons. The summed E-state index contributed by atoms with van der Waals surface area (Å²) < 4.78 is 4.72. The number of benzene rings is 2. The van der Waals surface area contributed by atoms with Crippen LogP contribution in [-0.2, 0) is 4.74 Å². The van der Waals surface area contributed by atoms with Gasteiger partial charge in [0.15, 0.2) is 0 Å². The number of ether oxygens (including phenoxy) is 1. The second kappa shape index (κ2) is 7.07. The van der Waals surface area contributed by atoms with E-state index in [9.17, 15) is 14.9 Å². The molecule has 0 fully saturated rings. The van der Waals surface area contributed by atoms with Crippen LogP contribution in [0.15, 0.2) is 48.5 Å². The van der Waals surface area contributed by atoms with Gasteiger partial charge in [0.05, 0.1) is 17.2 Å². The maximum absolute atomic E-state index is 11.1. The number of non-ortho nitro benzene ring substituents is 1. The second-order valence-electron chi connectivity index (χ2n) is 4.36. The zero-order valence-electron chi connectivity index (χ0n) is 11.9. The van der Waals surface area contributed by atoms with E-state index >= 15 is 0 Å². The summed E-state index contributed by atoms with van der Waals surface area (Å²) in [7, 11) is 0. The van der Waals surface area contributed by atoms with Crippen molar-refractivity contribution < 1.29 is 14.5 Å². The molecule has 0 atom stereocenters. The summed E-state index contributed by atoms with van der Waals surface area (Å²) in [5, 5.41) is 10.8. The summed E-state index contributed by atoms with van der Waals surface area (Å²) in [5.74, 6) is 0. The molecule has 2 aromatic carbocycles. The van der Waals surface area contributed by atoms with Crippen LogP contribution >= 0.6 is 0 Å². The topological polar surface area (TPSA) is 93.5 Å². The third-order valence-electron chi connectivity index (χ3n) is 2.86. The van der Waals surface area contributed by atoms with E-state index < -0.39 is 11.0 Å². The van der Waals surface area contributed by atoms with Crippen LogP contribution in [0.25, 0.3) is 11.1 Å². The van der Waals surface area contributed by atoms with Gasteiger partial charge in [-0.1, -0.05) is 24.3 Å². The molecule has 0 spiro atoms. The zero-order valence-corrected chi connectivity index (χ0v) is 11.9. The first-order chi connectivity index (χ1) is 10.6. The molecule has 0 aliphatic carbocycles. The Balaban J connectivity index is 2.07. The first-order valence-corrected chi connectivity index (χ1v) is 6.64. The zero-order chi connectivity index (χ0) is 15.9. The summed E-state index contributed by atoms with van der Waals surface area (Å²) in [4.78, 5) is 21.5. The molecule has 0 unspecified atom stereocenters. The molecule has 0 saturated carbocycles. The number of anilines is 1. The monoisotopic (exact) mass is 301 g/mol. The third-order valence-corrected chi connectivity index (χ3v) is 2.86. The van der Waals surface area contributed by atoms with Gasteiger partial charge in [-0.15, -0.1) is 0 Å². The molecule has 1 amide bonds. The molecule has 2 N–H and O–H groups in total. The molecule has 22 heavy (non-hydrogen) atoms. The fraction of sp³-hybridized carbons (Fsp3) is 0.133. The number of nitro benzene ring substituents is 1. The SMILES string of the molecule is CCOC(=O)NNc1ccc(-c2cccc([N+](=O)[O-])c2)cc1. The fourth-order valence-corrected chi connectivity index (χ4v) is 1.84. The summed E-state index contributed by atoms with van der Waals surface area (Å²) in [6.45, 7) is 2.01. The Morgan fingerprint density at radius 1 is 1.18 bits per heavy atom. The van der Waals surface area contributed by atoms with E-state index in [0.29, 0.717) is 12.3 Å². The van der Waals surface area contributed by atoms with Gasteiger partial charge in [-0.25, -0.2) is 10.2 Å². The molecule has 7 nitrogen and oxygen atoms in total. The van der Waals surface area contributed by atoms with Gasteiger partial charge in [0.25, 0.3) is 5.69 Å².